The molecule has 1 aromatic carbocycles. The first-order valence-corrected chi connectivity index (χ1v) is 5.34. The zero-order valence-electron chi connectivity index (χ0n) is 9.75. The van der Waals surface area contributed by atoms with Gasteiger partial charge in [0, 0.05) is 0 Å². The van der Waals surface area contributed by atoms with Crippen LogP contribution >= 0.6 is 0 Å². The molecular formula is C13H12N2O3. The second-order valence-electron chi connectivity index (χ2n) is 3.70. The first-order valence-electron chi connectivity index (χ1n) is 5.34. The molecule has 1 aromatic heterocycles. The summed E-state index contributed by atoms with van der Waals surface area (Å²) in [6, 6.07) is 9.82. The van der Waals surface area contributed by atoms with Crippen molar-refractivity contribution in [1.29, 1.82) is 0 Å². The summed E-state index contributed by atoms with van der Waals surface area (Å²) in [6.45, 7) is 1.76. The highest BCUT2D eigenvalue weighted by Crippen LogP contribution is 2.09. The number of aryl methyl sites for hydroxylation is 1. The van der Waals surface area contributed by atoms with Crippen LogP contribution in [0.5, 0.6) is 5.75 Å². The molecular weight excluding hydrogens is 232 g/mol. The van der Waals surface area contributed by atoms with Crippen molar-refractivity contribution in [3.05, 3.63) is 53.5 Å². The molecule has 1 heterocycles. The third-order valence-corrected chi connectivity index (χ3v) is 2.21. The Morgan fingerprint density at radius 3 is 2.89 bits per heavy atom. The van der Waals surface area contributed by atoms with Crippen LogP contribution in [0.3, 0.4) is 0 Å². The molecule has 0 radical (unpaired) electrons. The standard InChI is InChI=1S/C13H12N2O3/c1-9-5-6-12(18-9)13(17)15-14-8-10-3-2-4-11(16)7-10/h2-8,16H,1H3,(H,15,17)/b14-8+. The van der Waals surface area contributed by atoms with Crippen LogP contribution < -0.4 is 5.43 Å². The normalized spacial score (nSPS) is 10.7. The van der Waals surface area contributed by atoms with Gasteiger partial charge in [0.05, 0.1) is 6.21 Å². The largest absolute Gasteiger partial charge is 0.508 e. The van der Waals surface area contributed by atoms with Gasteiger partial charge in [0.2, 0.25) is 0 Å². The number of nitrogens with one attached hydrogen (secondary N) is 1. The van der Waals surface area contributed by atoms with Crippen LogP contribution in [0.2, 0.25) is 0 Å². The fourth-order valence-corrected chi connectivity index (χ4v) is 1.38. The van der Waals surface area contributed by atoms with Crippen LogP contribution in [0, 0.1) is 6.92 Å². The number of hydrazone groups is 1. The number of benzene rings is 1. The average Bonchev–Trinajstić information content (AvgIpc) is 2.76. The van der Waals surface area contributed by atoms with Gasteiger partial charge in [-0.15, -0.1) is 0 Å². The lowest BCUT2D eigenvalue weighted by molar-refractivity contribution is 0.0926. The van der Waals surface area contributed by atoms with Crippen LogP contribution in [0.4, 0.5) is 0 Å². The first kappa shape index (κ1) is 11.9. The van der Waals surface area contributed by atoms with Gasteiger partial charge in [-0.25, -0.2) is 5.43 Å². The summed E-state index contributed by atoms with van der Waals surface area (Å²) >= 11 is 0. The maximum absolute atomic E-state index is 11.5. The van der Waals surface area contributed by atoms with Gasteiger partial charge in [0.25, 0.3) is 0 Å². The van der Waals surface area contributed by atoms with E-state index in [1.807, 2.05) is 0 Å². The Balaban J connectivity index is 1.97. The molecule has 0 aliphatic rings. The zero-order valence-corrected chi connectivity index (χ0v) is 9.75. The molecule has 0 bridgehead atoms. The number of hydrogen-bond acceptors (Lipinski definition) is 4. The Hall–Kier alpha value is -2.56. The van der Waals surface area contributed by atoms with E-state index in [9.17, 15) is 9.90 Å². The number of phenols is 1. The van der Waals surface area contributed by atoms with E-state index >= 15 is 0 Å². The first-order chi connectivity index (χ1) is 8.65. The third-order valence-electron chi connectivity index (χ3n) is 2.21. The lowest BCUT2D eigenvalue weighted by Crippen LogP contribution is -2.16. The van der Waals surface area contributed by atoms with Crippen molar-refractivity contribution >= 4 is 12.1 Å². The van der Waals surface area contributed by atoms with Gasteiger partial charge in [0.1, 0.15) is 11.5 Å². The Bertz CT molecular complexity index is 587. The van der Waals surface area contributed by atoms with E-state index in [0.717, 1.165) is 0 Å². The quantitative estimate of drug-likeness (QED) is 0.641. The number of amides is 1. The number of phenolic OH excluding ortho intramolecular Hbond substituents is 1. The van der Waals surface area contributed by atoms with E-state index in [2.05, 4.69) is 10.5 Å². The number of nitrogens with zero attached hydrogens (tertiary/aromatic N) is 1. The third kappa shape index (κ3) is 2.98. The van der Waals surface area contributed by atoms with E-state index in [0.29, 0.717) is 11.3 Å². The number of aromatic hydroxyl groups is 1. The van der Waals surface area contributed by atoms with Gasteiger partial charge in [-0.3, -0.25) is 4.79 Å². The number of furan rings is 1. The van der Waals surface area contributed by atoms with Gasteiger partial charge >= 0.3 is 5.91 Å². The molecule has 5 nitrogen and oxygen atoms in total. The Labute approximate surface area is 104 Å². The molecule has 0 saturated carbocycles. The van der Waals surface area contributed by atoms with Crippen molar-refractivity contribution in [2.75, 3.05) is 0 Å². The van der Waals surface area contributed by atoms with E-state index in [-0.39, 0.29) is 11.5 Å². The highest BCUT2D eigenvalue weighted by atomic mass is 16.3. The van der Waals surface area contributed by atoms with E-state index in [1.165, 1.54) is 12.3 Å². The van der Waals surface area contributed by atoms with Crippen molar-refractivity contribution in [3.8, 4) is 5.75 Å². The van der Waals surface area contributed by atoms with Crippen LogP contribution in [-0.2, 0) is 0 Å². The second-order valence-corrected chi connectivity index (χ2v) is 3.70. The summed E-state index contributed by atoms with van der Waals surface area (Å²) in [7, 11) is 0. The summed E-state index contributed by atoms with van der Waals surface area (Å²) in [4.78, 5) is 11.5. The molecule has 0 aliphatic heterocycles. The number of hydrogen-bond donors (Lipinski definition) is 2. The zero-order chi connectivity index (χ0) is 13.0. The lowest BCUT2D eigenvalue weighted by atomic mass is 10.2. The van der Waals surface area contributed by atoms with Crippen molar-refractivity contribution < 1.29 is 14.3 Å². The van der Waals surface area contributed by atoms with Gasteiger partial charge in [-0.05, 0) is 36.8 Å². The van der Waals surface area contributed by atoms with Crippen molar-refractivity contribution in [3.63, 3.8) is 0 Å². The second kappa shape index (κ2) is 5.18. The average molecular weight is 244 g/mol. The Kier molecular flexibility index (Phi) is 3.43. The van der Waals surface area contributed by atoms with Gasteiger partial charge < -0.3 is 9.52 Å². The smallest absolute Gasteiger partial charge is 0.307 e. The molecule has 18 heavy (non-hydrogen) atoms. The van der Waals surface area contributed by atoms with E-state index < -0.39 is 5.91 Å². The predicted octanol–water partition coefficient (Wildman–Crippen LogP) is 2.06. The van der Waals surface area contributed by atoms with E-state index in [4.69, 9.17) is 4.42 Å². The Morgan fingerprint density at radius 1 is 1.39 bits per heavy atom. The van der Waals surface area contributed by atoms with Crippen molar-refractivity contribution in [1.82, 2.24) is 5.43 Å². The summed E-state index contributed by atoms with van der Waals surface area (Å²) < 4.78 is 5.14. The molecule has 2 N–H and O–H groups in total. The van der Waals surface area contributed by atoms with Crippen molar-refractivity contribution in [2.45, 2.75) is 6.92 Å². The van der Waals surface area contributed by atoms with Crippen LogP contribution in [0.25, 0.3) is 0 Å². The highest BCUT2D eigenvalue weighted by molar-refractivity contribution is 5.92. The fourth-order valence-electron chi connectivity index (χ4n) is 1.38. The molecule has 0 aliphatic carbocycles. The number of carbonyl (C=O) groups is 1. The molecule has 0 unspecified atom stereocenters. The summed E-state index contributed by atoms with van der Waals surface area (Å²) in [5.74, 6) is 0.601. The molecule has 0 saturated heterocycles. The molecule has 5 heteroatoms. The maximum Gasteiger partial charge on any atom is 0.307 e. The van der Waals surface area contributed by atoms with E-state index in [1.54, 1.807) is 37.3 Å². The van der Waals surface area contributed by atoms with Crippen LogP contribution in [-0.4, -0.2) is 17.2 Å². The summed E-state index contributed by atoms with van der Waals surface area (Å²) in [5.41, 5.74) is 3.02. The SMILES string of the molecule is Cc1ccc(C(=O)N/N=C/c2cccc(O)c2)o1. The van der Waals surface area contributed by atoms with Crippen LogP contribution in [0.15, 0.2) is 45.9 Å². The summed E-state index contributed by atoms with van der Waals surface area (Å²) in [5, 5.41) is 13.0. The molecule has 92 valence electrons. The molecule has 2 aromatic rings. The lowest BCUT2D eigenvalue weighted by Gasteiger charge is -1.96. The molecule has 1 amide bonds. The number of carbonyl (C=O) groups excluding carboxylic acids is 1. The molecule has 0 atom stereocenters. The number of rotatable bonds is 3. The monoisotopic (exact) mass is 244 g/mol. The van der Waals surface area contributed by atoms with Gasteiger partial charge in [-0.2, -0.15) is 5.10 Å². The fraction of sp³-hybridized carbons (Fsp3) is 0.0769. The summed E-state index contributed by atoms with van der Waals surface area (Å²) in [6.07, 6.45) is 1.44. The van der Waals surface area contributed by atoms with Gasteiger partial charge in [-0.1, -0.05) is 12.1 Å². The van der Waals surface area contributed by atoms with Crippen LogP contribution in [0.1, 0.15) is 21.9 Å². The minimum absolute atomic E-state index is 0.145. The molecule has 0 spiro atoms. The topological polar surface area (TPSA) is 74.8 Å². The maximum atomic E-state index is 11.5. The molecule has 0 fully saturated rings. The predicted molar refractivity (Wildman–Crippen MR) is 66.6 cm³/mol. The minimum atomic E-state index is -0.417. The highest BCUT2D eigenvalue weighted by Gasteiger charge is 2.07. The Morgan fingerprint density at radius 2 is 2.22 bits per heavy atom. The minimum Gasteiger partial charge on any atom is -0.508 e. The molecule has 2 rings (SSSR count). The van der Waals surface area contributed by atoms with Crippen molar-refractivity contribution in [2.24, 2.45) is 5.10 Å². The van der Waals surface area contributed by atoms with Gasteiger partial charge in [0.15, 0.2) is 5.76 Å².